The van der Waals surface area contributed by atoms with Gasteiger partial charge in [-0.2, -0.15) is 0 Å². The van der Waals surface area contributed by atoms with Gasteiger partial charge < -0.3 is 26.4 Å². The zero-order valence-electron chi connectivity index (χ0n) is 81.7. The van der Waals surface area contributed by atoms with Crippen molar-refractivity contribution in [1.29, 1.82) is 0 Å². The first-order valence-electron chi connectivity index (χ1n) is 48.2. The first-order valence-corrected chi connectivity index (χ1v) is 48.2. The zero-order chi connectivity index (χ0) is 93.4. The fraction of sp³-hybridized carbons (Fsp3) is 0.184. The van der Waals surface area contributed by atoms with Gasteiger partial charge in [0.05, 0.1) is 33.9 Å². The maximum atomic E-state index is 4.67. The smallest absolute Gasteiger partial charge is 0.0608 e. The van der Waals surface area contributed by atoms with Crippen molar-refractivity contribution in [2.75, 3.05) is 0 Å². The number of aromatic nitrogens is 12. The number of rotatable bonds is 7. The van der Waals surface area contributed by atoms with E-state index in [4.69, 9.17) is 0 Å². The Hall–Kier alpha value is -11.8. The monoisotopic (exact) mass is 2930 g/mol. The molecule has 0 amide bonds. The van der Waals surface area contributed by atoms with Gasteiger partial charge in [-0.05, 0) is 214 Å². The van der Waals surface area contributed by atoms with Gasteiger partial charge in [0.2, 0.25) is 0 Å². The van der Waals surface area contributed by atoms with Crippen LogP contribution in [0.4, 0.5) is 0 Å². The molecular formula is C125H106Ir6N12-6. The maximum Gasteiger partial charge on any atom is 0.0608 e. The molecule has 14 aromatic carbocycles. The van der Waals surface area contributed by atoms with E-state index in [9.17, 15) is 0 Å². The van der Waals surface area contributed by atoms with Crippen molar-refractivity contribution >= 4 is 164 Å². The third kappa shape index (κ3) is 19.5. The molecule has 12 nitrogen and oxygen atoms in total. The molecule has 0 atom stereocenters. The van der Waals surface area contributed by atoms with E-state index < -0.39 is 0 Å². The average molecular weight is 2930 g/mol. The molecule has 0 saturated heterocycles. The van der Waals surface area contributed by atoms with Crippen LogP contribution in [0.2, 0.25) is 0 Å². The molecule has 1 fully saturated rings. The Balaban J connectivity index is 0.000000123. The van der Waals surface area contributed by atoms with Crippen LogP contribution in [0.1, 0.15) is 154 Å². The number of benzene rings is 14. The van der Waals surface area contributed by atoms with Crippen molar-refractivity contribution in [2.24, 2.45) is 0 Å². The predicted octanol–water partition coefficient (Wildman–Crippen LogP) is 31.6. The summed E-state index contributed by atoms with van der Waals surface area (Å²) in [6, 6.07) is 107. The molecule has 0 bridgehead atoms. The molecule has 0 aliphatic heterocycles. The third-order valence-electron chi connectivity index (χ3n) is 28.2. The van der Waals surface area contributed by atoms with Gasteiger partial charge in [-0.25, -0.2) is 0 Å². The van der Waals surface area contributed by atoms with Gasteiger partial charge in [0.25, 0.3) is 0 Å². The Morgan fingerprint density at radius 2 is 0.713 bits per heavy atom. The van der Waals surface area contributed by atoms with Crippen LogP contribution >= 0.6 is 0 Å². The minimum Gasteiger partial charge on any atom is -0.340 e. The quantitative estimate of drug-likeness (QED) is 0.116. The van der Waals surface area contributed by atoms with Crippen LogP contribution < -0.4 is 0 Å². The number of aryl methyl sites for hydroxylation is 7. The van der Waals surface area contributed by atoms with Crippen LogP contribution in [-0.4, -0.2) is 56.3 Å². The Morgan fingerprint density at radius 1 is 0.329 bits per heavy atom. The summed E-state index contributed by atoms with van der Waals surface area (Å²) >= 11 is 0. The second kappa shape index (κ2) is 44.0. The van der Waals surface area contributed by atoms with Crippen molar-refractivity contribution in [3.8, 4) is 22.3 Å². The van der Waals surface area contributed by atoms with Crippen molar-refractivity contribution in [3.05, 3.63) is 409 Å². The third-order valence-corrected chi connectivity index (χ3v) is 28.2. The molecule has 143 heavy (non-hydrogen) atoms. The van der Waals surface area contributed by atoms with Gasteiger partial charge in [-0.1, -0.05) is 208 Å². The molecule has 1 saturated carbocycles. The van der Waals surface area contributed by atoms with Gasteiger partial charge in [-0.15, -0.1) is 178 Å². The summed E-state index contributed by atoms with van der Waals surface area (Å²) in [6.07, 6.45) is 33.8. The molecule has 0 spiro atoms. The molecule has 726 valence electrons. The average Bonchev–Trinajstić information content (AvgIpc) is 1.70. The Labute approximate surface area is 914 Å². The number of nitrogens with zero attached hydrogens (tertiary/aromatic N) is 12. The predicted molar refractivity (Wildman–Crippen MR) is 571 cm³/mol. The van der Waals surface area contributed by atoms with E-state index in [1.165, 1.54) is 221 Å². The topological polar surface area (TPSA) is 104 Å². The minimum absolute atomic E-state index is 0. The van der Waals surface area contributed by atoms with E-state index in [0.29, 0.717) is 5.92 Å². The number of imidazole rings is 6. The number of pyridine rings is 6. The first-order chi connectivity index (χ1) is 66.9. The molecule has 18 heteroatoms. The van der Waals surface area contributed by atoms with Gasteiger partial charge in [0.1, 0.15) is 0 Å². The van der Waals surface area contributed by atoms with Crippen LogP contribution in [0, 0.1) is 77.9 Å². The normalized spacial score (nSPS) is 12.1. The molecule has 6 radical (unpaired) electrons. The fourth-order valence-electron chi connectivity index (χ4n) is 21.3. The minimum atomic E-state index is 0. The summed E-state index contributed by atoms with van der Waals surface area (Å²) in [6.45, 7) is 26.5. The Morgan fingerprint density at radius 3 is 1.17 bits per heavy atom. The summed E-state index contributed by atoms with van der Waals surface area (Å²) < 4.78 is 13.1. The molecule has 12 aromatic heterocycles. The molecule has 0 unspecified atom stereocenters. The molecule has 0 N–H and O–H groups in total. The molecule has 1 aliphatic carbocycles. The van der Waals surface area contributed by atoms with E-state index in [0.717, 1.165) is 78.5 Å². The van der Waals surface area contributed by atoms with E-state index in [1.807, 2.05) is 117 Å². The van der Waals surface area contributed by atoms with Crippen LogP contribution in [0.25, 0.3) is 186 Å². The van der Waals surface area contributed by atoms with Crippen LogP contribution in [0.3, 0.4) is 0 Å². The largest absolute Gasteiger partial charge is 0.340 e. The van der Waals surface area contributed by atoms with Gasteiger partial charge in [0.15, 0.2) is 0 Å². The van der Waals surface area contributed by atoms with Crippen LogP contribution in [0.15, 0.2) is 317 Å². The van der Waals surface area contributed by atoms with E-state index in [2.05, 4.69) is 376 Å². The van der Waals surface area contributed by atoms with E-state index in [1.54, 1.807) is 0 Å². The van der Waals surface area contributed by atoms with Crippen molar-refractivity contribution in [3.63, 3.8) is 0 Å². The van der Waals surface area contributed by atoms with Crippen molar-refractivity contribution in [1.82, 2.24) is 56.3 Å². The number of hydrogen-bond acceptors (Lipinski definition) is 6. The van der Waals surface area contributed by atoms with Gasteiger partial charge in [-0.3, -0.25) is 29.9 Å². The standard InChI is InChI=1S/C28H27N2.C23H17N2.C21H19N2.C19H17N2.2C17H13N2.6Ir/c1-18(2)20-16-24(19-10-12-21(13-11-19)28(3,4)5)26-25(17-20)22-8-6-7-9-23(22)27-29-14-15-30(26)27;1-15-6-5-7-16(2)22(15)17-10-11-21-20(14-17)18-8-3-4-9-19(18)23-24-12-13-25(21)23;1-2-6-15(7-3-1)16-10-11-20-19(14-16)17-8-4-5-9-18(17)21-22-12-13-23(20)21;1-2-3-6-14-9-10-18-17(13-14)15-7-4-5-8-16(15)19-20-11-12-21(18)19;1-11-9-15-13-5-3-4-6-14(13)17-18-7-8-19(17)16(15)10-12(11)2;1-11-9-12(2)16-15(10-11)13-5-3-4-6-14(13)17-18-7-8-19(16)17;;;;;;/h6-8,10-18H,1-5H3;3-8,10-14H,1-2H3;4-5,8,10-15H,1-3,6-7H2;4-5,7,9-13H,2-3,6H2,1H3;2*3-5,7-10H,1-2H3;;;;;;/q6*-1;;;;;;. The second-order valence-corrected chi connectivity index (χ2v) is 38.4. The van der Waals surface area contributed by atoms with E-state index >= 15 is 0 Å². The molecule has 26 aromatic rings. The molecule has 1 aliphatic rings. The SMILES string of the molecule is CC(C)c1cc(-c2ccc(C(C)(C)C)cc2)c2c(c1)c1ccc[c-]c1c1nccn12.CCCCc1ccc2c(c1)c1ccc[c-]c1c1nccn21.Cc1cc(C)c2c(c1)c1ccc[c-]c1c1nccn12.Cc1cc2c3ccc[c-]c3c3nccn3c2cc1C.Cc1cccc(C)c1-c1ccc2c(c1)c1ccc[c-]c1c1nccn21.[Ir].[Ir].[Ir].[Ir].[Ir].[Ir].[c-]1cccc2c1c1nccn1c1ccc(C3CCCCC3)cc21. The second-order valence-electron chi connectivity index (χ2n) is 38.4. The van der Waals surface area contributed by atoms with Crippen LogP contribution in [-0.2, 0) is 132 Å². The van der Waals surface area contributed by atoms with Crippen molar-refractivity contribution < 1.29 is 121 Å². The maximum absolute atomic E-state index is 4.67. The first kappa shape index (κ1) is 104. The zero-order valence-corrected chi connectivity index (χ0v) is 96.1. The summed E-state index contributed by atoms with van der Waals surface area (Å²) in [5, 5.41) is 21.5. The molecular weight excluding hydrogens is 2820 g/mol. The Bertz CT molecular complexity index is 9190. The number of fused-ring (bicyclic) bond motifs is 36. The molecule has 12 heterocycles. The van der Waals surface area contributed by atoms with Crippen LogP contribution in [0.5, 0.6) is 0 Å². The Kier molecular flexibility index (Phi) is 32.1. The van der Waals surface area contributed by atoms with Gasteiger partial charge >= 0.3 is 0 Å². The number of hydrogen-bond donors (Lipinski definition) is 0. The fourth-order valence-corrected chi connectivity index (χ4v) is 21.3. The summed E-state index contributed by atoms with van der Waals surface area (Å²) in [4.78, 5) is 27.2. The van der Waals surface area contributed by atoms with E-state index in [-0.39, 0.29) is 126 Å². The summed E-state index contributed by atoms with van der Waals surface area (Å²) in [5.41, 5.74) is 31.8. The summed E-state index contributed by atoms with van der Waals surface area (Å²) in [5.74, 6) is 1.18. The molecule has 27 rings (SSSR count). The summed E-state index contributed by atoms with van der Waals surface area (Å²) in [7, 11) is 0. The van der Waals surface area contributed by atoms with Gasteiger partial charge in [0, 0.05) is 234 Å². The number of unbranched alkanes of at least 4 members (excludes halogenated alkanes) is 1. The van der Waals surface area contributed by atoms with Crippen molar-refractivity contribution in [2.45, 2.75) is 152 Å².